The fourth-order valence-corrected chi connectivity index (χ4v) is 14.2. The van der Waals surface area contributed by atoms with E-state index in [0.29, 0.717) is 0 Å². The molecule has 0 aliphatic carbocycles. The molecule has 0 unspecified atom stereocenters. The van der Waals surface area contributed by atoms with Gasteiger partial charge < -0.3 is 253 Å². The van der Waals surface area contributed by atoms with Crippen LogP contribution in [0, 0.1) is 0 Å². The van der Waals surface area contributed by atoms with E-state index in [9.17, 15) is 211 Å². The van der Waals surface area contributed by atoms with Crippen LogP contribution in [0.25, 0.3) is 0 Å². The molecule has 0 amide bonds. The summed E-state index contributed by atoms with van der Waals surface area (Å²) in [5.74, 6) is -21.6. The molecule has 10 aliphatic heterocycles. The molecule has 0 spiro atoms. The van der Waals surface area contributed by atoms with Crippen LogP contribution in [-0.4, -0.2) is 530 Å². The van der Waals surface area contributed by atoms with E-state index in [-0.39, 0.29) is 0 Å². The molecule has 50 atom stereocenters. The highest BCUT2D eigenvalue weighted by molar-refractivity contribution is 5.77. The molecule has 10 rings (SSSR count). The molecule has 0 aromatic carbocycles. The number of carboxylic acid groups (broad SMARTS) is 10. The fraction of sp³-hybridized carbons (Fsp3) is 0.833. The van der Waals surface area contributed by atoms with Crippen LogP contribution in [0.3, 0.4) is 0 Å². The van der Waals surface area contributed by atoms with Crippen molar-refractivity contribution in [2.75, 3.05) is 0 Å². The first-order valence-corrected chi connectivity index (χ1v) is 35.1. The number of carboxylic acids is 10. The summed E-state index contributed by atoms with van der Waals surface area (Å²) in [6, 6.07) is 0. The van der Waals surface area contributed by atoms with Crippen molar-refractivity contribution in [2.24, 2.45) is 0 Å². The molecule has 0 bridgehead atoms. The lowest BCUT2D eigenvalue weighted by Gasteiger charge is -2.49. The van der Waals surface area contributed by atoms with Crippen molar-refractivity contribution in [3.63, 3.8) is 0 Å². The number of ether oxygens (including phenoxy) is 19. The van der Waals surface area contributed by atoms with E-state index in [1.807, 2.05) is 0 Å². The standard InChI is InChI=1S/C60H82O61/c61-1-2(62)31(41(82)83)113-52(13(1)73)105-23-4(64)15(75)54(115-33(23)43(86)87)107-25-6(66)17(77)56(117-35(25)45(90)91)109-27-8(68)19(79)58(119-37(27)47(94)95)111-29-10(70)21(81)60(121-39(29)49(98)99)112-30-11(71)20(80)59(120-40(30)50(100)101)110-28-9(69)18(78)57(118-38(28)48(96)97)108-26-7(67)16(76)55(116-36(26)46(92)93)106-24-5(65)14(74)53(114-34(24)44(88)89)104-22-3(63)12(72)51(102)103-32(22)42(84)85/h1-40,51-81,102H,(H,82,83)(H,84,85)(H,86,87)(H,88,89)(H,90,91)(H,92,93)(H,94,95)(H,96,97)(H,98,99)(H,100,101)/t1-,2+,3-,4-,5+,6+,7-,8+,9+,10+,11+,12+,13+,14+,15+,16+,17+,18+,19+,20+,21+,22+,23+,24+,25+,26+,27+,28+,29+,30+,31-,32-,33-,34-,35-,36-,37-,38-,39-,40-,51+,52-,53-,54-,55-,56-,57-,58-,59-,60-/m0/s1. The average molecular weight is 1780 g/mol. The zero-order chi connectivity index (χ0) is 90.1. The molecule has 0 radical (unpaired) electrons. The van der Waals surface area contributed by atoms with Gasteiger partial charge in [0.05, 0.1) is 0 Å². The minimum atomic E-state index is -2.84. The number of hydrogen-bond donors (Lipinski definition) is 32. The lowest BCUT2D eigenvalue weighted by atomic mass is 9.94. The van der Waals surface area contributed by atoms with Gasteiger partial charge in [-0.15, -0.1) is 0 Å². The van der Waals surface area contributed by atoms with E-state index >= 15 is 0 Å². The monoisotopic (exact) mass is 1780 g/mol. The van der Waals surface area contributed by atoms with E-state index in [1.165, 1.54) is 0 Å². The Hall–Kier alpha value is -6.94. The highest BCUT2D eigenvalue weighted by Crippen LogP contribution is 2.41. The molecule has 61 nitrogen and oxygen atoms in total. The Bertz CT molecular complexity index is 3640. The van der Waals surface area contributed by atoms with Crippen molar-refractivity contribution in [1.82, 2.24) is 0 Å². The topological polar surface area (TPSA) is 993 Å². The minimum Gasteiger partial charge on any atom is -0.479 e. The quantitative estimate of drug-likeness (QED) is 0.0346. The summed E-state index contributed by atoms with van der Waals surface area (Å²) in [5.41, 5.74) is 0. The summed E-state index contributed by atoms with van der Waals surface area (Å²) in [6.45, 7) is 0. The smallest absolute Gasteiger partial charge is 0.335 e. The van der Waals surface area contributed by atoms with Gasteiger partial charge in [-0.25, -0.2) is 47.9 Å². The van der Waals surface area contributed by atoms with Crippen molar-refractivity contribution in [3.05, 3.63) is 0 Å². The number of hydrogen-bond acceptors (Lipinski definition) is 51. The van der Waals surface area contributed by atoms with Gasteiger partial charge in [0, 0.05) is 0 Å². The SMILES string of the molecule is O=C(O)[C@H]1O[C@H](O[C@@H]2[C@@H](O)[C@@H](O)[C@@H](O[C@@H]3[C@H](O)[C@@H](O)[C@@H](O[C@@H]4[C@H](O)[C@@H](O)[C@@H](O[C@@H]5[C@H](O)[C@@H](O)[C@@H](O[C@@H]6[C@H](O)[C@@H](O)[C@@H](O[C@@H]7[C@H](O)[C@@H](O)[C@@H](O[C@@H]8[C@@H](O)[C@@H](O)[C@@H](O[C@@H]9[C@H](O)[C@@H](O)[C@@H](O[C@@H]%10[C@@H](O)[C@@H](O)[C@H](O)O[C@@H]%10C(=O)O)O[C@@H]9C(=O)O)O[C@@H]8C(=O)O)O[C@@H]7C(=O)O)O[C@@H]6C(=O)O)O[C@@H]5C(=O)O)O[C@@H]4C(=O)O)O[C@@H]3C(=O)O)O[C@@H]2C(=O)O)[C@H](O)[C@@H](O)[C@H]1O. The van der Waals surface area contributed by atoms with Crippen molar-refractivity contribution < 1.29 is 301 Å². The molecule has 0 saturated carbocycles. The van der Waals surface area contributed by atoms with Gasteiger partial charge in [0.15, 0.2) is 124 Å². The number of rotatable bonds is 28. The Morgan fingerprint density at radius 2 is 0.256 bits per heavy atom. The highest BCUT2D eigenvalue weighted by Gasteiger charge is 2.65. The second kappa shape index (κ2) is 38.5. The molecule has 0 aromatic rings. The lowest BCUT2D eigenvalue weighted by Crippen LogP contribution is -2.69. The predicted molar refractivity (Wildman–Crippen MR) is 335 cm³/mol. The van der Waals surface area contributed by atoms with E-state index < -0.39 is 367 Å². The predicted octanol–water partition coefficient (Wildman–Crippen LogP) is -21.9. The Morgan fingerprint density at radius 3 is 0.397 bits per heavy atom. The molecule has 688 valence electrons. The summed E-state index contributed by atoms with van der Waals surface area (Å²) in [7, 11) is 0. The summed E-state index contributed by atoms with van der Waals surface area (Å²) in [6.07, 6.45) is -132. The average Bonchev–Trinajstić information content (AvgIpc) is 0.764. The van der Waals surface area contributed by atoms with Crippen molar-refractivity contribution in [1.29, 1.82) is 0 Å². The van der Waals surface area contributed by atoms with Crippen LogP contribution in [-0.2, 0) is 138 Å². The Balaban J connectivity index is 0.752. The van der Waals surface area contributed by atoms with Crippen LogP contribution >= 0.6 is 0 Å². The molecule has 61 heteroatoms. The third kappa shape index (κ3) is 19.3. The summed E-state index contributed by atoms with van der Waals surface area (Å²) < 4.78 is 99.0. The molecular weight excluding hydrogens is 1700 g/mol. The second-order valence-corrected chi connectivity index (χ2v) is 28.4. The van der Waals surface area contributed by atoms with Gasteiger partial charge in [-0.2, -0.15) is 0 Å². The van der Waals surface area contributed by atoms with Crippen LogP contribution < -0.4 is 0 Å². The lowest BCUT2D eigenvalue weighted by molar-refractivity contribution is -0.391. The van der Waals surface area contributed by atoms with Crippen molar-refractivity contribution in [3.8, 4) is 0 Å². The zero-order valence-electron chi connectivity index (χ0n) is 60.0. The van der Waals surface area contributed by atoms with Crippen LogP contribution in [0.2, 0.25) is 0 Å². The normalized spacial score (nSPS) is 49.9. The van der Waals surface area contributed by atoms with Gasteiger partial charge in [-0.1, -0.05) is 0 Å². The van der Waals surface area contributed by atoms with Crippen LogP contribution in [0.4, 0.5) is 0 Å². The van der Waals surface area contributed by atoms with Gasteiger partial charge in [0.2, 0.25) is 0 Å². The maximum absolute atomic E-state index is 12.8. The summed E-state index contributed by atoms with van der Waals surface area (Å²) in [5, 5.41) is 341. The molecule has 32 N–H and O–H groups in total. The third-order valence-electron chi connectivity index (χ3n) is 20.5. The molecule has 10 saturated heterocycles. The highest BCUT2D eigenvalue weighted by atomic mass is 16.8. The van der Waals surface area contributed by atoms with Gasteiger partial charge in [-0.05, 0) is 0 Å². The van der Waals surface area contributed by atoms with Crippen LogP contribution in [0.15, 0.2) is 0 Å². The molecule has 10 fully saturated rings. The van der Waals surface area contributed by atoms with Gasteiger partial charge in [0.1, 0.15) is 183 Å². The fourth-order valence-electron chi connectivity index (χ4n) is 14.2. The molecule has 121 heavy (non-hydrogen) atoms. The van der Waals surface area contributed by atoms with Gasteiger partial charge in [0.25, 0.3) is 0 Å². The van der Waals surface area contributed by atoms with E-state index in [1.54, 1.807) is 0 Å². The number of aliphatic carboxylic acids is 10. The zero-order valence-corrected chi connectivity index (χ0v) is 60.0. The summed E-state index contributed by atoms with van der Waals surface area (Å²) >= 11 is 0. The number of carbonyl (C=O) groups is 10. The Morgan fingerprint density at radius 1 is 0.140 bits per heavy atom. The van der Waals surface area contributed by atoms with Crippen LogP contribution in [0.5, 0.6) is 0 Å². The molecule has 10 aliphatic rings. The first-order chi connectivity index (χ1) is 56.4. The van der Waals surface area contributed by atoms with E-state index in [4.69, 9.17) is 85.3 Å². The maximum Gasteiger partial charge on any atom is 0.335 e. The number of aliphatic hydroxyl groups excluding tert-OH is 22. The van der Waals surface area contributed by atoms with Gasteiger partial charge >= 0.3 is 59.7 Å². The Kier molecular flexibility index (Phi) is 30.6. The molecular formula is C60H82O61. The maximum atomic E-state index is 12.8. The minimum absolute atomic E-state index is 1.94. The van der Waals surface area contributed by atoms with Crippen molar-refractivity contribution in [2.45, 2.75) is 307 Å². The van der Waals surface area contributed by atoms with E-state index in [2.05, 4.69) is 4.74 Å². The third-order valence-corrected chi connectivity index (χ3v) is 20.5. The molecule has 10 heterocycles. The van der Waals surface area contributed by atoms with Crippen molar-refractivity contribution >= 4 is 59.7 Å². The Labute approximate surface area is 666 Å². The molecule has 0 aromatic heterocycles. The second-order valence-electron chi connectivity index (χ2n) is 28.4. The summed E-state index contributed by atoms with van der Waals surface area (Å²) in [4.78, 5) is 125. The van der Waals surface area contributed by atoms with Crippen LogP contribution in [0.1, 0.15) is 0 Å². The van der Waals surface area contributed by atoms with Gasteiger partial charge in [-0.3, -0.25) is 0 Å². The number of aliphatic hydroxyl groups is 22. The largest absolute Gasteiger partial charge is 0.479 e. The first kappa shape index (κ1) is 96.3. The van der Waals surface area contributed by atoms with E-state index in [0.717, 1.165) is 0 Å². The first-order valence-electron chi connectivity index (χ1n) is 35.1.